The molecule has 0 bridgehead atoms. The lowest BCUT2D eigenvalue weighted by Gasteiger charge is -2.40. The van der Waals surface area contributed by atoms with Crippen molar-refractivity contribution in [2.45, 2.75) is 378 Å². The zero-order chi connectivity index (χ0) is 51.5. The molecule has 2 unspecified atom stereocenters. The number of aliphatic hydroxyl groups is 5. The fourth-order valence-electron chi connectivity index (χ4n) is 10.7. The Bertz CT molecular complexity index is 1080. The number of hydrogen-bond donors (Lipinski definition) is 6. The summed E-state index contributed by atoms with van der Waals surface area (Å²) in [7, 11) is 0. The second kappa shape index (κ2) is 52.6. The van der Waals surface area contributed by atoms with Gasteiger partial charge in [-0.3, -0.25) is 4.79 Å². The van der Waals surface area contributed by atoms with Gasteiger partial charge in [-0.1, -0.05) is 316 Å². The smallest absolute Gasteiger partial charge is 0.220 e. The minimum absolute atomic E-state index is 0.131. The molecule has 1 fully saturated rings. The molecule has 1 rings (SSSR count). The summed E-state index contributed by atoms with van der Waals surface area (Å²) in [5.41, 5.74) is 0. The number of hydrogen-bond acceptors (Lipinski definition) is 8. The van der Waals surface area contributed by atoms with Crippen molar-refractivity contribution in [3.8, 4) is 0 Å². The van der Waals surface area contributed by atoms with E-state index in [0.717, 1.165) is 38.5 Å². The molecular formula is C62H123NO8. The van der Waals surface area contributed by atoms with E-state index in [1.54, 1.807) is 0 Å². The lowest BCUT2D eigenvalue weighted by molar-refractivity contribution is -0.302. The van der Waals surface area contributed by atoms with Gasteiger partial charge in [-0.2, -0.15) is 0 Å². The maximum atomic E-state index is 13.1. The van der Waals surface area contributed by atoms with Gasteiger partial charge < -0.3 is 40.3 Å². The quantitative estimate of drug-likeness (QED) is 0.0330. The first-order valence-corrected chi connectivity index (χ1v) is 31.7. The lowest BCUT2D eigenvalue weighted by Crippen LogP contribution is -2.60. The van der Waals surface area contributed by atoms with E-state index in [9.17, 15) is 30.3 Å². The van der Waals surface area contributed by atoms with Crippen LogP contribution in [-0.2, 0) is 14.3 Å². The Kier molecular flexibility index (Phi) is 50.6. The van der Waals surface area contributed by atoms with E-state index in [1.807, 2.05) is 0 Å². The van der Waals surface area contributed by atoms with E-state index in [2.05, 4.69) is 19.2 Å². The molecular weight excluding hydrogens is 887 g/mol. The van der Waals surface area contributed by atoms with Gasteiger partial charge in [0.25, 0.3) is 0 Å². The summed E-state index contributed by atoms with van der Waals surface area (Å²) in [4.78, 5) is 13.1. The van der Waals surface area contributed by atoms with Gasteiger partial charge in [0.1, 0.15) is 24.4 Å². The van der Waals surface area contributed by atoms with Crippen molar-refractivity contribution < 1.29 is 39.8 Å². The van der Waals surface area contributed by atoms with Crippen LogP contribution in [0, 0.1) is 0 Å². The highest BCUT2D eigenvalue weighted by Gasteiger charge is 2.44. The third-order valence-electron chi connectivity index (χ3n) is 15.7. The fourth-order valence-corrected chi connectivity index (χ4v) is 10.7. The minimum atomic E-state index is -1.55. The van der Waals surface area contributed by atoms with Gasteiger partial charge in [0.15, 0.2) is 6.29 Å². The van der Waals surface area contributed by atoms with Crippen LogP contribution in [0.3, 0.4) is 0 Å². The maximum absolute atomic E-state index is 13.1. The normalized spacial score (nSPS) is 19.1. The van der Waals surface area contributed by atoms with Crippen LogP contribution >= 0.6 is 0 Å². The molecule has 0 radical (unpaired) electrons. The van der Waals surface area contributed by atoms with Crippen LogP contribution in [0.2, 0.25) is 0 Å². The van der Waals surface area contributed by atoms with Crippen molar-refractivity contribution in [3.63, 3.8) is 0 Å². The van der Waals surface area contributed by atoms with Crippen molar-refractivity contribution in [2.75, 3.05) is 13.2 Å². The highest BCUT2D eigenvalue weighted by molar-refractivity contribution is 5.76. The molecule has 0 aromatic carbocycles. The Labute approximate surface area is 440 Å². The lowest BCUT2D eigenvalue weighted by atomic mass is 9.99. The van der Waals surface area contributed by atoms with Crippen molar-refractivity contribution in [2.24, 2.45) is 0 Å². The molecule has 0 aromatic heterocycles. The summed E-state index contributed by atoms with van der Waals surface area (Å²) in [6, 6.07) is -0.713. The van der Waals surface area contributed by atoms with Gasteiger partial charge in [0.2, 0.25) is 5.91 Å². The minimum Gasteiger partial charge on any atom is -0.394 e. The SMILES string of the molecule is CCCCCCCCCCCCCCCCCCCCCCCCCCCCCCCCCCCCC(=O)N[C@@H](CO[C@@H]1O[C@H](CO)[C@H](O)C(O)C1O)[C@H](O)CCCCCCCCCCCCCCCC. The number of unbranched alkanes of at least 4 members (excludes halogenated alkanes) is 46. The molecule has 7 atom stereocenters. The summed E-state index contributed by atoms with van der Waals surface area (Å²) in [5.74, 6) is -0.136. The number of aliphatic hydroxyl groups excluding tert-OH is 5. The fraction of sp³-hybridized carbons (Fsp3) is 0.984. The number of ether oxygens (including phenoxy) is 2. The van der Waals surface area contributed by atoms with Gasteiger partial charge in [-0.25, -0.2) is 0 Å². The molecule has 9 nitrogen and oxygen atoms in total. The Morgan fingerprint density at radius 2 is 0.704 bits per heavy atom. The van der Waals surface area contributed by atoms with E-state index in [1.165, 1.54) is 270 Å². The average molecular weight is 1010 g/mol. The highest BCUT2D eigenvalue weighted by Crippen LogP contribution is 2.24. The summed E-state index contributed by atoms with van der Waals surface area (Å²) in [6.45, 7) is 3.88. The number of carbonyl (C=O) groups is 1. The van der Waals surface area contributed by atoms with E-state index in [-0.39, 0.29) is 12.5 Å². The summed E-state index contributed by atoms with van der Waals surface area (Å²) >= 11 is 0. The molecule has 1 heterocycles. The second-order valence-corrected chi connectivity index (χ2v) is 22.6. The van der Waals surface area contributed by atoms with Crippen LogP contribution in [0.15, 0.2) is 0 Å². The number of nitrogens with one attached hydrogen (secondary N) is 1. The van der Waals surface area contributed by atoms with Crippen molar-refractivity contribution >= 4 is 5.91 Å². The van der Waals surface area contributed by atoms with Crippen LogP contribution < -0.4 is 5.32 Å². The third kappa shape index (κ3) is 42.0. The zero-order valence-electron chi connectivity index (χ0n) is 47.3. The van der Waals surface area contributed by atoms with Crippen molar-refractivity contribution in [3.05, 3.63) is 0 Å². The van der Waals surface area contributed by atoms with Gasteiger partial charge in [0, 0.05) is 6.42 Å². The van der Waals surface area contributed by atoms with E-state index in [0.29, 0.717) is 12.8 Å². The van der Waals surface area contributed by atoms with E-state index in [4.69, 9.17) is 9.47 Å². The van der Waals surface area contributed by atoms with Gasteiger partial charge in [-0.05, 0) is 12.8 Å². The summed E-state index contributed by atoms with van der Waals surface area (Å²) < 4.78 is 11.3. The zero-order valence-corrected chi connectivity index (χ0v) is 47.3. The molecule has 1 aliphatic heterocycles. The molecule has 1 aliphatic rings. The first-order valence-electron chi connectivity index (χ1n) is 31.7. The molecule has 6 N–H and O–H groups in total. The van der Waals surface area contributed by atoms with Gasteiger partial charge in [-0.15, -0.1) is 0 Å². The molecule has 0 saturated carbocycles. The molecule has 0 spiro atoms. The number of rotatable bonds is 56. The predicted molar refractivity (Wildman–Crippen MR) is 300 cm³/mol. The summed E-state index contributed by atoms with van der Waals surface area (Å²) in [5, 5.41) is 54.7. The molecule has 1 amide bonds. The molecule has 9 heteroatoms. The molecule has 0 aromatic rings. The number of carbonyl (C=O) groups excluding carboxylic acids is 1. The molecule has 0 aliphatic carbocycles. The molecule has 71 heavy (non-hydrogen) atoms. The summed E-state index contributed by atoms with van der Waals surface area (Å²) in [6.07, 6.45) is 57.4. The Morgan fingerprint density at radius 3 is 1.00 bits per heavy atom. The van der Waals surface area contributed by atoms with Crippen molar-refractivity contribution in [1.29, 1.82) is 0 Å². The Balaban J connectivity index is 2.05. The molecule has 424 valence electrons. The van der Waals surface area contributed by atoms with Crippen molar-refractivity contribution in [1.82, 2.24) is 5.32 Å². The first-order chi connectivity index (χ1) is 34.8. The number of amides is 1. The third-order valence-corrected chi connectivity index (χ3v) is 15.7. The monoisotopic (exact) mass is 1010 g/mol. The topological polar surface area (TPSA) is 149 Å². The highest BCUT2D eigenvalue weighted by atomic mass is 16.7. The first kappa shape index (κ1) is 68.2. The second-order valence-electron chi connectivity index (χ2n) is 22.6. The maximum Gasteiger partial charge on any atom is 0.220 e. The van der Waals surface area contributed by atoms with Gasteiger partial charge in [0.05, 0.1) is 25.4 Å². The Morgan fingerprint density at radius 1 is 0.423 bits per heavy atom. The predicted octanol–water partition coefficient (Wildman–Crippen LogP) is 16.2. The van der Waals surface area contributed by atoms with Crippen LogP contribution in [-0.4, -0.2) is 87.5 Å². The van der Waals surface area contributed by atoms with Crippen LogP contribution in [0.25, 0.3) is 0 Å². The largest absolute Gasteiger partial charge is 0.394 e. The average Bonchev–Trinajstić information content (AvgIpc) is 3.37. The molecule has 1 saturated heterocycles. The standard InChI is InChI=1S/C62H123NO8/c1-3-5-7-9-11-13-15-17-19-20-21-22-23-24-25-26-27-28-29-30-31-32-33-34-35-36-37-38-40-42-44-46-48-50-52-58(66)63-55(54-70-62-61(69)60(68)59(67)57(53-64)71-62)56(65)51-49-47-45-43-41-39-18-16-14-12-10-8-6-4-2/h55-57,59-62,64-65,67-69H,3-54H2,1-2H3,(H,63,66)/t55-,56+,57+,59-,60?,61?,62+/m0/s1. The van der Waals surface area contributed by atoms with Crippen LogP contribution in [0.5, 0.6) is 0 Å². The van der Waals surface area contributed by atoms with E-state index < -0.39 is 49.5 Å². The van der Waals surface area contributed by atoms with Crippen LogP contribution in [0.4, 0.5) is 0 Å². The van der Waals surface area contributed by atoms with E-state index >= 15 is 0 Å². The van der Waals surface area contributed by atoms with Crippen LogP contribution in [0.1, 0.15) is 335 Å². The van der Waals surface area contributed by atoms with Gasteiger partial charge >= 0.3 is 0 Å². The Hall–Kier alpha value is -0.810.